The molecule has 0 rings (SSSR count). The van der Waals surface area contributed by atoms with Crippen molar-refractivity contribution in [1.29, 1.82) is 0 Å². The summed E-state index contributed by atoms with van der Waals surface area (Å²) in [6.07, 6.45) is -4.50. The summed E-state index contributed by atoms with van der Waals surface area (Å²) in [5.41, 5.74) is 3.96. The molecule has 0 bridgehead atoms. The minimum atomic E-state index is -4.17. The van der Waals surface area contributed by atoms with Crippen molar-refractivity contribution in [3.63, 3.8) is 0 Å². The molecule has 0 spiro atoms. The monoisotopic (exact) mass is 213 g/mol. The Hall–Kier alpha value is -0.620. The second-order valence-electron chi connectivity index (χ2n) is 3.33. The fraction of sp³-hybridized carbons (Fsp3) is 0.875. The molecule has 0 amide bonds. The van der Waals surface area contributed by atoms with Crippen molar-refractivity contribution in [1.82, 2.24) is 0 Å². The van der Waals surface area contributed by atoms with Gasteiger partial charge in [-0.2, -0.15) is 13.2 Å². The van der Waals surface area contributed by atoms with Gasteiger partial charge in [0.05, 0.1) is 12.1 Å². The van der Waals surface area contributed by atoms with Crippen LogP contribution in [-0.2, 0) is 4.79 Å². The smallest absolute Gasteiger partial charge is 0.389 e. The molecule has 6 heteroatoms. The molecule has 0 aromatic heterocycles. The van der Waals surface area contributed by atoms with E-state index in [1.807, 2.05) is 0 Å². The molecular formula is C8H14F3NO2. The molecule has 0 saturated carbocycles. The largest absolute Gasteiger partial charge is 0.394 e. The SMILES string of the molecule is N[C@@](C=O)(CO)CCCCC(F)(F)F. The molecule has 0 aliphatic heterocycles. The normalized spacial score (nSPS) is 16.4. The Bertz CT molecular complexity index is 184. The van der Waals surface area contributed by atoms with Gasteiger partial charge in [0.2, 0.25) is 0 Å². The average molecular weight is 213 g/mol. The van der Waals surface area contributed by atoms with E-state index < -0.39 is 24.7 Å². The van der Waals surface area contributed by atoms with E-state index in [0.29, 0.717) is 6.29 Å². The van der Waals surface area contributed by atoms with E-state index in [2.05, 4.69) is 0 Å². The molecule has 0 saturated heterocycles. The minimum Gasteiger partial charge on any atom is -0.394 e. The third kappa shape index (κ3) is 5.93. The number of aliphatic hydroxyl groups excluding tert-OH is 1. The zero-order valence-electron chi connectivity index (χ0n) is 7.68. The second-order valence-corrected chi connectivity index (χ2v) is 3.33. The lowest BCUT2D eigenvalue weighted by atomic mass is 9.96. The molecule has 0 aromatic carbocycles. The standard InChI is InChI=1S/C8H14F3NO2/c9-8(10,11)4-2-1-3-7(12,5-13)6-14/h5,14H,1-4,6,12H2/t7-/m0/s1. The number of alkyl halides is 3. The van der Waals surface area contributed by atoms with Crippen molar-refractivity contribution in [2.45, 2.75) is 37.4 Å². The number of carbonyl (C=O) groups excluding carboxylic acids is 1. The zero-order valence-corrected chi connectivity index (χ0v) is 7.68. The van der Waals surface area contributed by atoms with Crippen LogP contribution in [0.4, 0.5) is 13.2 Å². The Labute approximate surface area is 80.1 Å². The predicted octanol–water partition coefficient (Wildman–Crippen LogP) is 0.998. The highest BCUT2D eigenvalue weighted by molar-refractivity contribution is 5.63. The lowest BCUT2D eigenvalue weighted by molar-refractivity contribution is -0.135. The zero-order chi connectivity index (χ0) is 11.2. The van der Waals surface area contributed by atoms with E-state index in [-0.39, 0.29) is 19.3 Å². The molecule has 0 aliphatic carbocycles. The summed E-state index contributed by atoms with van der Waals surface area (Å²) in [5, 5.41) is 8.67. The van der Waals surface area contributed by atoms with Gasteiger partial charge in [0, 0.05) is 6.42 Å². The molecule has 0 aromatic rings. The van der Waals surface area contributed by atoms with Crippen LogP contribution < -0.4 is 5.73 Å². The molecule has 1 atom stereocenters. The number of unbranched alkanes of at least 4 members (excludes halogenated alkanes) is 1. The van der Waals surface area contributed by atoms with Crippen LogP contribution >= 0.6 is 0 Å². The number of aldehydes is 1. The first-order valence-corrected chi connectivity index (χ1v) is 4.26. The maximum Gasteiger partial charge on any atom is 0.389 e. The van der Waals surface area contributed by atoms with Gasteiger partial charge in [-0.05, 0) is 12.8 Å². The van der Waals surface area contributed by atoms with Crippen molar-refractivity contribution >= 4 is 6.29 Å². The number of halogens is 3. The van der Waals surface area contributed by atoms with Crippen molar-refractivity contribution in [2.75, 3.05) is 6.61 Å². The van der Waals surface area contributed by atoms with E-state index in [4.69, 9.17) is 10.8 Å². The van der Waals surface area contributed by atoms with Crippen LogP contribution in [0.3, 0.4) is 0 Å². The van der Waals surface area contributed by atoms with Crippen LogP contribution in [0.15, 0.2) is 0 Å². The average Bonchev–Trinajstić information content (AvgIpc) is 2.11. The van der Waals surface area contributed by atoms with Gasteiger partial charge in [0.15, 0.2) is 0 Å². The van der Waals surface area contributed by atoms with Gasteiger partial charge in [-0.1, -0.05) is 6.42 Å². The molecule has 0 radical (unpaired) electrons. The molecule has 0 heterocycles. The van der Waals surface area contributed by atoms with Crippen LogP contribution in [0.2, 0.25) is 0 Å². The summed E-state index contributed by atoms with van der Waals surface area (Å²) in [6, 6.07) is 0. The summed E-state index contributed by atoms with van der Waals surface area (Å²) in [5.74, 6) is 0. The van der Waals surface area contributed by atoms with Crippen LogP contribution in [-0.4, -0.2) is 29.7 Å². The first-order chi connectivity index (χ1) is 6.33. The summed E-state index contributed by atoms with van der Waals surface area (Å²) in [4.78, 5) is 10.3. The van der Waals surface area contributed by atoms with E-state index >= 15 is 0 Å². The minimum absolute atomic E-state index is 0.0725. The molecule has 0 aliphatic rings. The first-order valence-electron chi connectivity index (χ1n) is 4.26. The summed E-state index contributed by atoms with van der Waals surface area (Å²) in [7, 11) is 0. The van der Waals surface area contributed by atoms with Crippen LogP contribution in [0.5, 0.6) is 0 Å². The maximum atomic E-state index is 11.7. The maximum absolute atomic E-state index is 11.7. The van der Waals surface area contributed by atoms with Crippen LogP contribution in [0.25, 0.3) is 0 Å². The highest BCUT2D eigenvalue weighted by atomic mass is 19.4. The summed E-state index contributed by atoms with van der Waals surface area (Å²) >= 11 is 0. The molecule has 3 nitrogen and oxygen atoms in total. The molecule has 0 unspecified atom stereocenters. The lowest BCUT2D eigenvalue weighted by Gasteiger charge is -2.19. The van der Waals surface area contributed by atoms with Gasteiger partial charge in [-0.25, -0.2) is 0 Å². The Balaban J connectivity index is 3.68. The van der Waals surface area contributed by atoms with Crippen molar-refractivity contribution < 1.29 is 23.1 Å². The fourth-order valence-corrected chi connectivity index (χ4v) is 0.955. The predicted molar refractivity (Wildman–Crippen MR) is 44.6 cm³/mol. The number of hydrogen-bond acceptors (Lipinski definition) is 3. The van der Waals surface area contributed by atoms with Gasteiger partial charge < -0.3 is 15.6 Å². The first kappa shape index (κ1) is 13.4. The van der Waals surface area contributed by atoms with Gasteiger partial charge in [0.1, 0.15) is 6.29 Å². The van der Waals surface area contributed by atoms with Gasteiger partial charge >= 0.3 is 6.18 Å². The van der Waals surface area contributed by atoms with E-state index in [1.165, 1.54) is 0 Å². The second kappa shape index (κ2) is 5.31. The third-order valence-electron chi connectivity index (χ3n) is 1.88. The van der Waals surface area contributed by atoms with Crippen LogP contribution in [0, 0.1) is 0 Å². The van der Waals surface area contributed by atoms with Crippen molar-refractivity contribution in [3.05, 3.63) is 0 Å². The topological polar surface area (TPSA) is 63.3 Å². The van der Waals surface area contributed by atoms with Gasteiger partial charge in [-0.15, -0.1) is 0 Å². The number of aliphatic hydroxyl groups is 1. The van der Waals surface area contributed by atoms with Gasteiger partial charge in [-0.3, -0.25) is 0 Å². The fourth-order valence-electron chi connectivity index (χ4n) is 0.955. The molecule has 14 heavy (non-hydrogen) atoms. The van der Waals surface area contributed by atoms with E-state index in [0.717, 1.165) is 0 Å². The van der Waals surface area contributed by atoms with Crippen molar-refractivity contribution in [2.24, 2.45) is 5.73 Å². The Morgan fingerprint density at radius 1 is 1.21 bits per heavy atom. The Morgan fingerprint density at radius 3 is 2.07 bits per heavy atom. The van der Waals surface area contributed by atoms with Gasteiger partial charge in [0.25, 0.3) is 0 Å². The van der Waals surface area contributed by atoms with E-state index in [9.17, 15) is 18.0 Å². The van der Waals surface area contributed by atoms with Crippen LogP contribution in [0.1, 0.15) is 25.7 Å². The highest BCUT2D eigenvalue weighted by Crippen LogP contribution is 2.23. The molecule has 0 fully saturated rings. The summed E-state index contributed by atoms with van der Waals surface area (Å²) in [6.45, 7) is -0.539. The highest BCUT2D eigenvalue weighted by Gasteiger charge is 2.27. The Kier molecular flexibility index (Phi) is 5.07. The number of carbonyl (C=O) groups is 1. The molecular weight excluding hydrogens is 199 g/mol. The number of hydrogen-bond donors (Lipinski definition) is 2. The number of rotatable bonds is 6. The van der Waals surface area contributed by atoms with E-state index in [1.54, 1.807) is 0 Å². The lowest BCUT2D eigenvalue weighted by Crippen LogP contribution is -2.45. The number of nitrogens with two attached hydrogens (primary N) is 1. The summed E-state index contributed by atoms with van der Waals surface area (Å²) < 4.78 is 35.1. The molecule has 84 valence electrons. The van der Waals surface area contributed by atoms with Crippen molar-refractivity contribution in [3.8, 4) is 0 Å². The molecule has 3 N–H and O–H groups in total. The third-order valence-corrected chi connectivity index (χ3v) is 1.88. The quantitative estimate of drug-likeness (QED) is 0.511. The Morgan fingerprint density at radius 2 is 1.71 bits per heavy atom.